The molecule has 0 bridgehead atoms. The number of hydrogen-bond acceptors (Lipinski definition) is 1. The second-order valence-corrected chi connectivity index (χ2v) is 1.79. The Bertz CT molecular complexity index is 143. The number of halogens is 1. The van der Waals surface area contributed by atoms with Crippen molar-refractivity contribution in [3.05, 3.63) is 23.5 Å². The molecular formula is C6H13ClN2. The Hall–Kier alpha value is -0.470. The minimum absolute atomic E-state index is 0. The molecule has 1 aromatic rings. The van der Waals surface area contributed by atoms with Crippen molar-refractivity contribution in [1.82, 2.24) is 11.1 Å². The fourth-order valence-corrected chi connectivity index (χ4v) is 0.531. The van der Waals surface area contributed by atoms with E-state index in [0.29, 0.717) is 0 Å². The monoisotopic (exact) mass is 148 g/mol. The van der Waals surface area contributed by atoms with Gasteiger partial charge in [0.25, 0.3) is 0 Å². The van der Waals surface area contributed by atoms with Crippen molar-refractivity contribution in [3.63, 3.8) is 0 Å². The number of rotatable bonds is 0. The van der Waals surface area contributed by atoms with E-state index in [4.69, 9.17) is 0 Å². The maximum Gasteiger partial charge on any atom is 0.0145 e. The fourth-order valence-electron chi connectivity index (χ4n) is 0.531. The summed E-state index contributed by atoms with van der Waals surface area (Å²) in [5.74, 6) is 0. The van der Waals surface area contributed by atoms with Gasteiger partial charge in [0, 0.05) is 11.9 Å². The smallest absolute Gasteiger partial charge is 0.0145 e. The maximum atomic E-state index is 3.07. The summed E-state index contributed by atoms with van der Waals surface area (Å²) in [6.45, 7) is 4.15. The fraction of sp³-hybridized carbons (Fsp3) is 0.333. The molecule has 0 atom stereocenters. The molecule has 1 rings (SSSR count). The van der Waals surface area contributed by atoms with Crippen molar-refractivity contribution in [1.29, 1.82) is 0 Å². The predicted molar refractivity (Wildman–Crippen MR) is 42.5 cm³/mol. The average molecular weight is 149 g/mol. The zero-order chi connectivity index (χ0) is 5.28. The highest BCUT2D eigenvalue weighted by molar-refractivity contribution is 5.85. The van der Waals surface area contributed by atoms with E-state index in [1.807, 2.05) is 6.20 Å². The van der Waals surface area contributed by atoms with E-state index in [2.05, 4.69) is 24.9 Å². The van der Waals surface area contributed by atoms with Gasteiger partial charge < -0.3 is 11.1 Å². The van der Waals surface area contributed by atoms with E-state index in [0.717, 1.165) is 0 Å². The second-order valence-electron chi connectivity index (χ2n) is 1.79. The van der Waals surface area contributed by atoms with Crippen LogP contribution < -0.4 is 6.15 Å². The zero-order valence-corrected chi connectivity index (χ0v) is 6.59. The topological polar surface area (TPSA) is 50.8 Å². The van der Waals surface area contributed by atoms with Crippen LogP contribution in [-0.4, -0.2) is 4.98 Å². The molecule has 2 nitrogen and oxygen atoms in total. The van der Waals surface area contributed by atoms with Crippen molar-refractivity contribution in [2.75, 3.05) is 0 Å². The van der Waals surface area contributed by atoms with E-state index in [9.17, 15) is 0 Å². The first-order valence-electron chi connectivity index (χ1n) is 2.41. The Labute approximate surface area is 61.7 Å². The third-order valence-corrected chi connectivity index (χ3v) is 1.22. The van der Waals surface area contributed by atoms with E-state index in [1.165, 1.54) is 11.3 Å². The highest BCUT2D eigenvalue weighted by Crippen LogP contribution is 1.99. The number of nitrogens with one attached hydrogen (secondary N) is 1. The van der Waals surface area contributed by atoms with Gasteiger partial charge >= 0.3 is 0 Å². The van der Waals surface area contributed by atoms with Crippen LogP contribution in [0.3, 0.4) is 0 Å². The lowest BCUT2D eigenvalue weighted by Gasteiger charge is -1.81. The standard InChI is InChI=1S/C6H9N.ClH.H3N/c1-5-3-4-7-6(5)2;;/h3-4,7H,1-2H3;1H;1H3. The van der Waals surface area contributed by atoms with E-state index in [1.54, 1.807) is 0 Å². The Morgan fingerprint density at radius 1 is 1.33 bits per heavy atom. The zero-order valence-electron chi connectivity index (χ0n) is 5.77. The molecule has 0 radical (unpaired) electrons. The molecule has 0 aliphatic heterocycles. The lowest BCUT2D eigenvalue weighted by atomic mass is 10.3. The third kappa shape index (κ3) is 2.54. The van der Waals surface area contributed by atoms with Gasteiger partial charge in [-0.3, -0.25) is 0 Å². The molecule has 3 heteroatoms. The molecule has 0 saturated carbocycles. The minimum atomic E-state index is 0. The summed E-state index contributed by atoms with van der Waals surface area (Å²) < 4.78 is 0. The normalized spacial score (nSPS) is 7.33. The van der Waals surface area contributed by atoms with E-state index < -0.39 is 0 Å². The molecule has 0 amide bonds. The largest absolute Gasteiger partial charge is 0.365 e. The third-order valence-electron chi connectivity index (χ3n) is 1.22. The van der Waals surface area contributed by atoms with Crippen LogP contribution in [0.5, 0.6) is 0 Å². The molecule has 0 unspecified atom stereocenters. The number of aryl methyl sites for hydroxylation is 2. The van der Waals surface area contributed by atoms with Gasteiger partial charge in [0.2, 0.25) is 0 Å². The summed E-state index contributed by atoms with van der Waals surface area (Å²) >= 11 is 0. The summed E-state index contributed by atoms with van der Waals surface area (Å²) in [6, 6.07) is 2.06. The molecule has 0 saturated heterocycles. The van der Waals surface area contributed by atoms with Gasteiger partial charge in [-0.05, 0) is 25.5 Å². The number of hydrogen-bond donors (Lipinski definition) is 2. The summed E-state index contributed by atoms with van der Waals surface area (Å²) in [6.07, 6.45) is 1.95. The van der Waals surface area contributed by atoms with Crippen molar-refractivity contribution >= 4 is 12.4 Å². The minimum Gasteiger partial charge on any atom is -0.365 e. The van der Waals surface area contributed by atoms with Gasteiger partial charge in [0.15, 0.2) is 0 Å². The van der Waals surface area contributed by atoms with Gasteiger partial charge in [0.05, 0.1) is 0 Å². The van der Waals surface area contributed by atoms with Crippen LogP contribution in [0.25, 0.3) is 0 Å². The molecule has 0 spiro atoms. The van der Waals surface area contributed by atoms with Crippen LogP contribution >= 0.6 is 12.4 Å². The first-order valence-corrected chi connectivity index (χ1v) is 2.41. The molecule has 9 heavy (non-hydrogen) atoms. The van der Waals surface area contributed by atoms with E-state index in [-0.39, 0.29) is 18.6 Å². The summed E-state index contributed by atoms with van der Waals surface area (Å²) in [5, 5.41) is 0. The summed E-state index contributed by atoms with van der Waals surface area (Å²) in [7, 11) is 0. The van der Waals surface area contributed by atoms with Crippen molar-refractivity contribution in [2.45, 2.75) is 13.8 Å². The average Bonchev–Trinajstić information content (AvgIpc) is 1.91. The number of aromatic nitrogens is 1. The second kappa shape index (κ2) is 4.41. The molecular weight excluding hydrogens is 136 g/mol. The number of aromatic amines is 1. The number of H-pyrrole nitrogens is 1. The predicted octanol–water partition coefficient (Wildman–Crippen LogP) is 2.22. The van der Waals surface area contributed by atoms with Crippen molar-refractivity contribution in [3.8, 4) is 0 Å². The van der Waals surface area contributed by atoms with Crippen LogP contribution in [0.15, 0.2) is 12.3 Å². The quantitative estimate of drug-likeness (QED) is 0.583. The molecule has 1 heterocycles. The van der Waals surface area contributed by atoms with Crippen molar-refractivity contribution < 1.29 is 0 Å². The summed E-state index contributed by atoms with van der Waals surface area (Å²) in [5.41, 5.74) is 2.60. The van der Waals surface area contributed by atoms with Crippen LogP contribution in [0, 0.1) is 13.8 Å². The van der Waals surface area contributed by atoms with Crippen LogP contribution in [0.1, 0.15) is 11.3 Å². The molecule has 0 aromatic carbocycles. The Balaban J connectivity index is 0. The van der Waals surface area contributed by atoms with Gasteiger partial charge in [-0.2, -0.15) is 0 Å². The molecule has 0 aliphatic carbocycles. The molecule has 4 N–H and O–H groups in total. The lowest BCUT2D eigenvalue weighted by molar-refractivity contribution is 1.23. The molecule has 1 aromatic heterocycles. The first kappa shape index (κ1) is 11.3. The Kier molecular flexibility index (Phi) is 5.56. The van der Waals surface area contributed by atoms with Crippen LogP contribution in [-0.2, 0) is 0 Å². The summed E-state index contributed by atoms with van der Waals surface area (Å²) in [4.78, 5) is 3.07. The van der Waals surface area contributed by atoms with Gasteiger partial charge in [-0.1, -0.05) is 0 Å². The SMILES string of the molecule is Cc1cc[nH]c1C.Cl.N. The van der Waals surface area contributed by atoms with Gasteiger partial charge in [-0.25, -0.2) is 0 Å². The Morgan fingerprint density at radius 2 is 1.89 bits per heavy atom. The van der Waals surface area contributed by atoms with Crippen LogP contribution in [0.2, 0.25) is 0 Å². The van der Waals surface area contributed by atoms with Crippen LogP contribution in [0.4, 0.5) is 0 Å². The van der Waals surface area contributed by atoms with Crippen molar-refractivity contribution in [2.24, 2.45) is 0 Å². The molecule has 0 fully saturated rings. The van der Waals surface area contributed by atoms with Gasteiger partial charge in [-0.15, -0.1) is 12.4 Å². The highest BCUT2D eigenvalue weighted by atomic mass is 35.5. The molecule has 0 aliphatic rings. The first-order chi connectivity index (χ1) is 3.30. The Morgan fingerprint density at radius 3 is 2.00 bits per heavy atom. The highest BCUT2D eigenvalue weighted by Gasteiger charge is 1.85. The van der Waals surface area contributed by atoms with Gasteiger partial charge in [0.1, 0.15) is 0 Å². The maximum absolute atomic E-state index is 3.07. The molecule has 54 valence electrons. The van der Waals surface area contributed by atoms with E-state index >= 15 is 0 Å². The lowest BCUT2D eigenvalue weighted by Crippen LogP contribution is -1.69.